The van der Waals surface area contributed by atoms with Gasteiger partial charge in [0, 0.05) is 70.9 Å². The van der Waals surface area contributed by atoms with Crippen LogP contribution in [0, 0.1) is 11.8 Å². The quantitative estimate of drug-likeness (QED) is 0.0495. The highest BCUT2D eigenvalue weighted by molar-refractivity contribution is 7.66. The molecule has 2 aromatic heterocycles. The number of hydrogen-bond donors (Lipinski definition) is 8. The van der Waals surface area contributed by atoms with Gasteiger partial charge < -0.3 is 54.7 Å². The van der Waals surface area contributed by atoms with E-state index in [1.54, 1.807) is 6.07 Å². The summed E-state index contributed by atoms with van der Waals surface area (Å²) in [7, 11) is -16.7. The number of ether oxygens (including phenoxy) is 2. The second kappa shape index (κ2) is 18.7. The van der Waals surface area contributed by atoms with Crippen LogP contribution in [0.15, 0.2) is 41.3 Å². The highest BCUT2D eigenvalue weighted by Gasteiger charge is 2.42. The topological polar surface area (TPSA) is 328 Å². The lowest BCUT2D eigenvalue weighted by atomic mass is 9.81. The number of hydrogen-bond acceptors (Lipinski definition) is 14. The van der Waals surface area contributed by atoms with Crippen LogP contribution in [0.25, 0.3) is 16.6 Å². The lowest BCUT2D eigenvalue weighted by Gasteiger charge is -2.39. The number of carboxylic acid groups (broad SMARTS) is 1. The van der Waals surface area contributed by atoms with Crippen molar-refractivity contribution in [1.29, 1.82) is 0 Å². The number of carbonyl (C=O) groups excluding carboxylic acids is 1. The Morgan fingerprint density at radius 3 is 2.45 bits per heavy atom. The number of H-pyrrole nitrogens is 1. The molecule has 1 fully saturated rings. The first kappa shape index (κ1) is 49.2. The van der Waals surface area contributed by atoms with Crippen LogP contribution < -0.4 is 41.4 Å². The lowest BCUT2D eigenvalue weighted by Crippen LogP contribution is -2.45. The fourth-order valence-corrected chi connectivity index (χ4v) is 14.3. The van der Waals surface area contributed by atoms with Crippen LogP contribution in [-0.2, 0) is 57.3 Å². The number of nitrogen functional groups attached to an aromatic ring is 1. The van der Waals surface area contributed by atoms with Crippen molar-refractivity contribution in [1.82, 2.24) is 24.4 Å². The van der Waals surface area contributed by atoms with E-state index in [0.29, 0.717) is 5.56 Å². The third-order valence-corrected chi connectivity index (χ3v) is 17.8. The summed E-state index contributed by atoms with van der Waals surface area (Å²) in [6.07, 6.45) is 7.48. The Morgan fingerprint density at radius 2 is 1.67 bits per heavy atom. The number of nitrogens with one attached hydrogen (secondary N) is 2. The zero-order valence-electron chi connectivity index (χ0n) is 38.9. The summed E-state index contributed by atoms with van der Waals surface area (Å²) < 4.78 is 64.4. The van der Waals surface area contributed by atoms with E-state index in [-0.39, 0.29) is 53.1 Å². The van der Waals surface area contributed by atoms with Gasteiger partial charge in [0.25, 0.3) is 11.5 Å². The molecule has 1 amide bonds. The largest absolute Gasteiger partial charge is 0.490 e. The average Bonchev–Trinajstić information content (AvgIpc) is 3.95. The highest BCUT2D eigenvalue weighted by atomic mass is 31.3. The second-order valence-corrected chi connectivity index (χ2v) is 23.1. The Bertz CT molecular complexity index is 3630. The number of anilines is 2. The van der Waals surface area contributed by atoms with Crippen molar-refractivity contribution in [3.05, 3.63) is 108 Å². The van der Waals surface area contributed by atoms with Gasteiger partial charge in [0.05, 0.1) is 41.3 Å². The molecule has 73 heavy (non-hydrogen) atoms. The molecule has 1 saturated heterocycles. The number of benzene rings is 3. The first-order valence-electron chi connectivity index (χ1n) is 23.7. The Labute approximate surface area is 414 Å². The predicted octanol–water partition coefficient (Wildman–Crippen LogP) is 3.24. The van der Waals surface area contributed by atoms with Gasteiger partial charge in [0.15, 0.2) is 5.65 Å². The second-order valence-electron chi connectivity index (χ2n) is 18.7. The summed E-state index contributed by atoms with van der Waals surface area (Å²) in [6, 6.07) is 8.93. The number of aromatic amines is 1. The third kappa shape index (κ3) is 9.47. The zero-order valence-corrected chi connectivity index (χ0v) is 41.6. The van der Waals surface area contributed by atoms with Gasteiger partial charge in [-0.05, 0) is 92.8 Å². The smallest absolute Gasteiger partial charge is 0.478 e. The van der Waals surface area contributed by atoms with Gasteiger partial charge in [-0.15, -0.1) is 0 Å². The lowest BCUT2D eigenvalue weighted by molar-refractivity contribution is -0.0202. The molecule has 6 aliphatic rings. The molecule has 23 nitrogen and oxygen atoms in total. The van der Waals surface area contributed by atoms with E-state index in [2.05, 4.69) is 57.4 Å². The van der Waals surface area contributed by atoms with Crippen LogP contribution in [-0.4, -0.2) is 96.5 Å². The molecule has 0 spiro atoms. The van der Waals surface area contributed by atoms with Crippen LogP contribution in [0.3, 0.4) is 0 Å². The van der Waals surface area contributed by atoms with Crippen molar-refractivity contribution < 1.29 is 70.6 Å². The summed E-state index contributed by atoms with van der Waals surface area (Å²) in [5, 5.41) is 15.7. The standard InChI is InChI=1S/C47H48N7O16P3/c48-47-50-43-37(45(56)51-47)28(23-54(43)36-14-12-29(67-36)24-66-72(62,63)70-73(64,65)69-71(59,60)61)6-1-15-49-44(55)27-11-13-30(46(57)58)33(22-27)38-34-20-25-7-2-16-52-18-4-9-31(39(25)52)41(34)68-42-32-10-5-19-53-17-3-8-26(40(32)53)21-35(38)42/h11,13,20-23,29,36H,2-5,7-10,12,14-19,24H2,(H8-,48,49,50,51,55,56,57,58,59,60,61,62,63,64,65)/p+1/t29-,36+/m0/s1. The number of phosphoric ester groups is 1. The number of rotatable bonds is 12. The Morgan fingerprint density at radius 1 is 0.918 bits per heavy atom. The first-order chi connectivity index (χ1) is 34.8. The molecule has 6 aliphatic heterocycles. The number of amides is 1. The maximum Gasteiger partial charge on any atom is 0.490 e. The predicted molar refractivity (Wildman–Crippen MR) is 261 cm³/mol. The van der Waals surface area contributed by atoms with E-state index in [0.717, 1.165) is 117 Å². The number of carbonyl (C=O) groups is 2. The number of fused-ring (bicyclic) bond motifs is 5. The molecule has 3 aromatic carbocycles. The Hall–Kier alpha value is -5.98. The number of nitrogens with two attached hydrogens (primary N) is 1. The van der Waals surface area contributed by atoms with Crippen molar-refractivity contribution in [2.24, 2.45) is 0 Å². The molecule has 382 valence electrons. The summed E-state index contributed by atoms with van der Waals surface area (Å²) in [5.74, 6) is 5.42. The highest BCUT2D eigenvalue weighted by Crippen LogP contribution is 2.66. The molecule has 2 unspecified atom stereocenters. The van der Waals surface area contributed by atoms with E-state index in [9.17, 15) is 43.0 Å². The zero-order chi connectivity index (χ0) is 51.1. The van der Waals surface area contributed by atoms with Crippen molar-refractivity contribution in [2.45, 2.75) is 76.5 Å². The molecule has 9 N–H and O–H groups in total. The molecule has 5 aromatic rings. The van der Waals surface area contributed by atoms with Crippen LogP contribution in [0.4, 0.5) is 11.6 Å². The molecule has 0 bridgehead atoms. The minimum Gasteiger partial charge on any atom is -0.478 e. The molecular formula is C47H49N7O16P3+. The first-order valence-corrected chi connectivity index (χ1v) is 28.3. The summed E-state index contributed by atoms with van der Waals surface area (Å²) >= 11 is 0. The van der Waals surface area contributed by atoms with Gasteiger partial charge in [-0.25, -0.2) is 23.1 Å². The number of phosphoric acid groups is 3. The summed E-state index contributed by atoms with van der Waals surface area (Å²) in [5.41, 5.74) is 13.6. The molecule has 8 heterocycles. The number of aromatic carboxylic acids is 1. The average molecular weight is 1060 g/mol. The van der Waals surface area contributed by atoms with Gasteiger partial charge >= 0.3 is 29.4 Å². The van der Waals surface area contributed by atoms with Crippen molar-refractivity contribution in [2.75, 3.05) is 50.0 Å². The van der Waals surface area contributed by atoms with E-state index >= 15 is 0 Å². The van der Waals surface area contributed by atoms with E-state index in [1.165, 1.54) is 45.1 Å². The molecule has 0 saturated carbocycles. The van der Waals surface area contributed by atoms with Crippen LogP contribution in [0.1, 0.15) is 104 Å². The van der Waals surface area contributed by atoms with Gasteiger partial charge in [0.1, 0.15) is 30.8 Å². The molecule has 4 atom stereocenters. The van der Waals surface area contributed by atoms with Crippen molar-refractivity contribution in [3.63, 3.8) is 0 Å². The maximum absolute atomic E-state index is 14.1. The Kier molecular flexibility index (Phi) is 12.6. The van der Waals surface area contributed by atoms with Gasteiger partial charge in [-0.2, -0.15) is 13.6 Å². The molecule has 0 radical (unpaired) electrons. The van der Waals surface area contributed by atoms with Crippen LogP contribution >= 0.6 is 23.5 Å². The maximum atomic E-state index is 14.1. The van der Waals surface area contributed by atoms with Crippen molar-refractivity contribution in [3.8, 4) is 23.3 Å². The van der Waals surface area contributed by atoms with Crippen molar-refractivity contribution >= 4 is 63.6 Å². The van der Waals surface area contributed by atoms with Crippen LogP contribution in [0.2, 0.25) is 0 Å². The van der Waals surface area contributed by atoms with Gasteiger partial charge in [-0.1, -0.05) is 11.8 Å². The number of nitrogens with zero attached hydrogens (tertiary/aromatic N) is 4. The fourth-order valence-electron chi connectivity index (χ4n) is 11.2. The molecule has 11 rings (SSSR count). The normalized spacial score (nSPS) is 20.4. The van der Waals surface area contributed by atoms with E-state index in [1.807, 2.05) is 0 Å². The minimum absolute atomic E-state index is 0.0406. The number of aryl methyl sites for hydroxylation is 2. The SMILES string of the molecule is Nc1nc2c(c(C#CCNC(=O)c3ccc(C(=O)O)c(C4=c5cc6c7c(c5Oc5c4cc4c8c5CCCN8CCC4)CCC[N+]=7CCC6)c3)cn2[C@H]2CC[C@@H](COP(=O)(O)OP(=O)(O)OP(=O)(O)O)O2)c(=O)[nH]1. The Balaban J connectivity index is 0.887. The minimum atomic E-state index is -5.73. The molecule has 26 heteroatoms. The van der Waals surface area contributed by atoms with Gasteiger partial charge in [-0.3, -0.25) is 19.1 Å². The fraction of sp³-hybridized carbons (Fsp3) is 0.383. The summed E-state index contributed by atoms with van der Waals surface area (Å²) in [4.78, 5) is 86.8. The molecular weight excluding hydrogens is 1010 g/mol. The van der Waals surface area contributed by atoms with E-state index < -0.39 is 59.8 Å². The van der Waals surface area contributed by atoms with Gasteiger partial charge in [0.2, 0.25) is 11.3 Å². The summed E-state index contributed by atoms with van der Waals surface area (Å²) in [6.45, 7) is 3.00. The third-order valence-electron chi connectivity index (χ3n) is 14.0. The number of carboxylic acids is 1. The van der Waals surface area contributed by atoms with Crippen LogP contribution in [0.5, 0.6) is 11.5 Å². The molecule has 0 aliphatic carbocycles. The van der Waals surface area contributed by atoms with E-state index in [4.69, 9.17) is 29.5 Å². The number of aromatic nitrogens is 3. The monoisotopic (exact) mass is 1060 g/mol.